The fourth-order valence-corrected chi connectivity index (χ4v) is 3.62. The van der Waals surface area contributed by atoms with Gasteiger partial charge in [0.1, 0.15) is 23.7 Å². The number of aliphatic hydroxyl groups excluding tert-OH is 1. The van der Waals surface area contributed by atoms with Crippen molar-refractivity contribution in [1.82, 2.24) is 30.2 Å². The van der Waals surface area contributed by atoms with Gasteiger partial charge in [0.15, 0.2) is 11.5 Å². The molecule has 0 aliphatic heterocycles. The van der Waals surface area contributed by atoms with E-state index in [1.807, 2.05) is 48.5 Å². The van der Waals surface area contributed by atoms with Crippen molar-refractivity contribution in [2.24, 2.45) is 0 Å². The molecule has 0 atom stereocenters. The molecule has 4 N–H and O–H groups in total. The third-order valence-electron chi connectivity index (χ3n) is 5.10. The maximum absolute atomic E-state index is 11.9. The number of hydrogen-bond donors (Lipinski definition) is 4. The van der Waals surface area contributed by atoms with E-state index in [1.54, 1.807) is 0 Å². The molecule has 4 aromatic rings. The van der Waals surface area contributed by atoms with Crippen LogP contribution in [0.25, 0.3) is 22.5 Å². The van der Waals surface area contributed by atoms with E-state index in [-0.39, 0.29) is 23.8 Å². The van der Waals surface area contributed by atoms with Crippen molar-refractivity contribution in [3.63, 3.8) is 0 Å². The quantitative estimate of drug-likeness (QED) is 0.346. The number of carboxylic acids is 1. The highest BCUT2D eigenvalue weighted by atomic mass is 16.4. The standard InChI is InChI=1S/C22H22N6O4/c1-22(2,32)19-18(21(30)31)28(17(12-29)23-19)11-13-7-9-14(10-8-13)15-5-3-4-6-16(15)20-24-26-27-25-20/h3-10,29,32H,11-12H2,1-2H3,(H,30,31)(H,24,25,26,27). The van der Waals surface area contributed by atoms with Gasteiger partial charge in [-0.2, -0.15) is 0 Å². The number of carbonyl (C=O) groups is 1. The summed E-state index contributed by atoms with van der Waals surface area (Å²) in [6.45, 7) is 2.65. The van der Waals surface area contributed by atoms with Crippen LogP contribution in [0.15, 0.2) is 48.5 Å². The van der Waals surface area contributed by atoms with Crippen LogP contribution >= 0.6 is 0 Å². The summed E-state index contributed by atoms with van der Waals surface area (Å²) in [7, 11) is 0. The lowest BCUT2D eigenvalue weighted by atomic mass is 9.98. The number of aromatic amines is 1. The molecule has 32 heavy (non-hydrogen) atoms. The number of carboxylic acid groups (broad SMARTS) is 1. The lowest BCUT2D eigenvalue weighted by Crippen LogP contribution is -2.22. The summed E-state index contributed by atoms with van der Waals surface area (Å²) >= 11 is 0. The van der Waals surface area contributed by atoms with Crippen LogP contribution in [0.2, 0.25) is 0 Å². The normalized spacial score (nSPS) is 11.6. The molecular formula is C22H22N6O4. The second-order valence-corrected chi connectivity index (χ2v) is 7.83. The van der Waals surface area contributed by atoms with Crippen LogP contribution in [0.5, 0.6) is 0 Å². The van der Waals surface area contributed by atoms with E-state index in [4.69, 9.17) is 0 Å². The minimum absolute atomic E-state index is 0.0141. The van der Waals surface area contributed by atoms with E-state index in [9.17, 15) is 20.1 Å². The van der Waals surface area contributed by atoms with E-state index >= 15 is 0 Å². The summed E-state index contributed by atoms with van der Waals surface area (Å²) < 4.78 is 1.42. The summed E-state index contributed by atoms with van der Waals surface area (Å²) in [4.78, 5) is 16.1. The summed E-state index contributed by atoms with van der Waals surface area (Å²) in [5.41, 5.74) is 1.94. The van der Waals surface area contributed by atoms with Gasteiger partial charge < -0.3 is 19.9 Å². The van der Waals surface area contributed by atoms with Crippen LogP contribution in [0.4, 0.5) is 0 Å². The lowest BCUT2D eigenvalue weighted by Gasteiger charge is -2.16. The second kappa shape index (κ2) is 8.33. The minimum atomic E-state index is -1.47. The molecule has 10 nitrogen and oxygen atoms in total. The van der Waals surface area contributed by atoms with Crippen LogP contribution in [0, 0.1) is 0 Å². The van der Waals surface area contributed by atoms with Crippen LogP contribution in [0.3, 0.4) is 0 Å². The zero-order valence-electron chi connectivity index (χ0n) is 17.5. The number of nitrogens with zero attached hydrogens (tertiary/aromatic N) is 5. The first-order chi connectivity index (χ1) is 15.3. The SMILES string of the molecule is CC(C)(O)c1nc(CO)n(Cc2ccc(-c3ccccc3-c3nnn[nH]3)cc2)c1C(=O)O. The number of benzene rings is 2. The van der Waals surface area contributed by atoms with Crippen molar-refractivity contribution in [3.05, 3.63) is 71.3 Å². The maximum Gasteiger partial charge on any atom is 0.354 e. The largest absolute Gasteiger partial charge is 0.477 e. The summed E-state index contributed by atoms with van der Waals surface area (Å²) in [5, 5.41) is 43.8. The van der Waals surface area contributed by atoms with Gasteiger partial charge >= 0.3 is 5.97 Å². The minimum Gasteiger partial charge on any atom is -0.477 e. The average molecular weight is 434 g/mol. The van der Waals surface area contributed by atoms with Crippen LogP contribution < -0.4 is 0 Å². The Bertz CT molecular complexity index is 1240. The Balaban J connectivity index is 1.70. The molecule has 2 aromatic heterocycles. The highest BCUT2D eigenvalue weighted by Gasteiger charge is 2.31. The third kappa shape index (κ3) is 4.01. The number of tetrazole rings is 1. The van der Waals surface area contributed by atoms with Gasteiger partial charge in [0.2, 0.25) is 0 Å². The molecule has 0 saturated heterocycles. The van der Waals surface area contributed by atoms with E-state index in [0.29, 0.717) is 5.82 Å². The predicted octanol–water partition coefficient (Wildman–Crippen LogP) is 2.20. The lowest BCUT2D eigenvalue weighted by molar-refractivity contribution is 0.0602. The molecule has 10 heteroatoms. The zero-order chi connectivity index (χ0) is 22.9. The van der Waals surface area contributed by atoms with Crippen LogP contribution in [-0.2, 0) is 18.8 Å². The number of aromatic carboxylic acids is 1. The molecule has 2 aromatic carbocycles. The Kier molecular flexibility index (Phi) is 5.56. The highest BCUT2D eigenvalue weighted by Crippen LogP contribution is 2.30. The molecule has 4 rings (SSSR count). The monoisotopic (exact) mass is 434 g/mol. The zero-order valence-corrected chi connectivity index (χ0v) is 17.5. The summed E-state index contributed by atoms with van der Waals surface area (Å²) in [6.07, 6.45) is 0. The van der Waals surface area contributed by atoms with E-state index in [1.165, 1.54) is 18.4 Å². The molecule has 0 saturated carbocycles. The number of hydrogen-bond acceptors (Lipinski definition) is 7. The van der Waals surface area contributed by atoms with E-state index < -0.39 is 18.2 Å². The van der Waals surface area contributed by atoms with Gasteiger partial charge in [-0.25, -0.2) is 14.9 Å². The Hall–Kier alpha value is -3.89. The molecule has 0 bridgehead atoms. The molecule has 0 radical (unpaired) electrons. The molecular weight excluding hydrogens is 412 g/mol. The van der Waals surface area contributed by atoms with Crippen molar-refractivity contribution in [2.45, 2.75) is 32.6 Å². The Morgan fingerprint density at radius 1 is 1.09 bits per heavy atom. The molecule has 164 valence electrons. The van der Waals surface area contributed by atoms with E-state index in [2.05, 4.69) is 25.6 Å². The number of H-pyrrole nitrogens is 1. The van der Waals surface area contributed by atoms with Crippen LogP contribution in [0.1, 0.15) is 41.4 Å². The van der Waals surface area contributed by atoms with Crippen molar-refractivity contribution in [1.29, 1.82) is 0 Å². The first kappa shape index (κ1) is 21.3. The Morgan fingerprint density at radius 3 is 2.34 bits per heavy atom. The van der Waals surface area contributed by atoms with Gasteiger partial charge in [-0.15, -0.1) is 5.10 Å². The summed E-state index contributed by atoms with van der Waals surface area (Å²) in [5.74, 6) is -0.492. The second-order valence-electron chi connectivity index (χ2n) is 7.83. The molecule has 0 unspecified atom stereocenters. The maximum atomic E-state index is 11.9. The molecule has 0 aliphatic rings. The number of aromatic nitrogens is 6. The fraction of sp³-hybridized carbons (Fsp3) is 0.227. The topological polar surface area (TPSA) is 150 Å². The molecule has 2 heterocycles. The molecule has 0 spiro atoms. The van der Waals surface area contributed by atoms with Crippen molar-refractivity contribution < 1.29 is 20.1 Å². The number of imidazole rings is 1. The highest BCUT2D eigenvalue weighted by molar-refractivity contribution is 5.87. The molecule has 0 fully saturated rings. The molecule has 0 amide bonds. The first-order valence-corrected chi connectivity index (χ1v) is 9.88. The van der Waals surface area contributed by atoms with Gasteiger partial charge in [0, 0.05) is 12.1 Å². The number of rotatable bonds is 7. The van der Waals surface area contributed by atoms with Gasteiger partial charge in [-0.1, -0.05) is 48.5 Å². The third-order valence-corrected chi connectivity index (χ3v) is 5.10. The fourth-order valence-electron chi connectivity index (χ4n) is 3.62. The number of aliphatic hydroxyl groups is 2. The average Bonchev–Trinajstić information content (AvgIpc) is 3.42. The van der Waals surface area contributed by atoms with E-state index in [0.717, 1.165) is 22.3 Å². The first-order valence-electron chi connectivity index (χ1n) is 9.88. The van der Waals surface area contributed by atoms with Gasteiger partial charge in [0.25, 0.3) is 0 Å². The molecule has 0 aliphatic carbocycles. The van der Waals surface area contributed by atoms with Crippen molar-refractivity contribution >= 4 is 5.97 Å². The Labute approximate surface area is 183 Å². The number of nitrogens with one attached hydrogen (secondary N) is 1. The van der Waals surface area contributed by atoms with Gasteiger partial charge in [-0.05, 0) is 41.0 Å². The summed E-state index contributed by atoms with van der Waals surface area (Å²) in [6, 6.07) is 15.3. The van der Waals surface area contributed by atoms with Crippen molar-refractivity contribution in [3.8, 4) is 22.5 Å². The van der Waals surface area contributed by atoms with Gasteiger partial charge in [-0.3, -0.25) is 0 Å². The van der Waals surface area contributed by atoms with Gasteiger partial charge in [0.05, 0.1) is 0 Å². The smallest absolute Gasteiger partial charge is 0.354 e. The van der Waals surface area contributed by atoms with Crippen molar-refractivity contribution in [2.75, 3.05) is 0 Å². The van der Waals surface area contributed by atoms with Crippen LogP contribution in [-0.4, -0.2) is 51.5 Å². The Morgan fingerprint density at radius 2 is 1.78 bits per heavy atom. The predicted molar refractivity (Wildman–Crippen MR) is 115 cm³/mol.